The first kappa shape index (κ1) is 12.0. The minimum atomic E-state index is -0.177. The maximum Gasteiger partial charge on any atom is 0.236 e. The van der Waals surface area contributed by atoms with E-state index in [0.29, 0.717) is 6.10 Å². The fourth-order valence-corrected chi connectivity index (χ4v) is 1.87. The van der Waals surface area contributed by atoms with Crippen LogP contribution in [0.25, 0.3) is 0 Å². The molecule has 0 bridgehead atoms. The van der Waals surface area contributed by atoms with Gasteiger partial charge in [0.25, 0.3) is 0 Å². The second-order valence-electron chi connectivity index (χ2n) is 3.77. The second-order valence-corrected chi connectivity index (χ2v) is 4.85. The average Bonchev–Trinajstić information content (AvgIpc) is 2.25. The van der Waals surface area contributed by atoms with Crippen molar-refractivity contribution in [3.05, 3.63) is 29.8 Å². The van der Waals surface area contributed by atoms with E-state index in [1.807, 2.05) is 36.0 Å². The molecule has 1 saturated heterocycles. The lowest BCUT2D eigenvalue weighted by atomic mass is 10.2. The largest absolute Gasteiger partial charge is 0.489 e. The Labute approximate surface area is 104 Å². The number of rotatable bonds is 4. The molecule has 1 N–H and O–H groups in total. The van der Waals surface area contributed by atoms with Gasteiger partial charge in [0, 0.05) is 18.4 Å². The van der Waals surface area contributed by atoms with E-state index in [2.05, 4.69) is 10.5 Å². The Morgan fingerprint density at radius 2 is 2.18 bits per heavy atom. The van der Waals surface area contributed by atoms with Gasteiger partial charge in [0.15, 0.2) is 0 Å². The van der Waals surface area contributed by atoms with Crippen molar-refractivity contribution in [3.8, 4) is 5.75 Å². The molecule has 0 aliphatic carbocycles. The maximum absolute atomic E-state index is 10.6. The summed E-state index contributed by atoms with van der Waals surface area (Å²) >= 11 is 1.89. The molecule has 4 nitrogen and oxygen atoms in total. The number of hydrogen-bond donors (Lipinski definition) is 1. The second kappa shape index (κ2) is 5.72. The maximum atomic E-state index is 10.6. The number of carbonyl (C=O) groups is 1. The summed E-state index contributed by atoms with van der Waals surface area (Å²) < 4.78 is 5.71. The van der Waals surface area contributed by atoms with Crippen LogP contribution in [0.5, 0.6) is 5.75 Å². The Balaban J connectivity index is 1.88. The molecule has 2 rings (SSSR count). The van der Waals surface area contributed by atoms with Crippen LogP contribution in [0.15, 0.2) is 29.4 Å². The van der Waals surface area contributed by atoms with Crippen molar-refractivity contribution >= 4 is 23.9 Å². The van der Waals surface area contributed by atoms with Gasteiger partial charge in [-0.1, -0.05) is 0 Å². The van der Waals surface area contributed by atoms with Crippen LogP contribution in [0.1, 0.15) is 12.5 Å². The molecular formula is C12H14N2O2S. The van der Waals surface area contributed by atoms with Gasteiger partial charge in [-0.25, -0.2) is 5.43 Å². The molecule has 1 aromatic carbocycles. The highest BCUT2D eigenvalue weighted by atomic mass is 32.2. The third kappa shape index (κ3) is 3.78. The molecule has 0 spiro atoms. The van der Waals surface area contributed by atoms with Crippen LogP contribution < -0.4 is 10.2 Å². The molecule has 1 amide bonds. The fraction of sp³-hybridized carbons (Fsp3) is 0.333. The number of thioether (sulfide) groups is 1. The van der Waals surface area contributed by atoms with Gasteiger partial charge in [-0.2, -0.15) is 16.9 Å². The highest BCUT2D eigenvalue weighted by molar-refractivity contribution is 8.00. The lowest BCUT2D eigenvalue weighted by molar-refractivity contribution is -0.118. The topological polar surface area (TPSA) is 50.7 Å². The molecule has 0 aromatic heterocycles. The van der Waals surface area contributed by atoms with Crippen molar-refractivity contribution in [3.63, 3.8) is 0 Å². The minimum absolute atomic E-state index is 0.177. The summed E-state index contributed by atoms with van der Waals surface area (Å²) in [5, 5.41) is 3.79. The first-order chi connectivity index (χ1) is 8.24. The third-order valence-electron chi connectivity index (χ3n) is 2.23. The first-order valence-electron chi connectivity index (χ1n) is 5.38. The summed E-state index contributed by atoms with van der Waals surface area (Å²) in [7, 11) is 0. The third-order valence-corrected chi connectivity index (χ3v) is 3.44. The van der Waals surface area contributed by atoms with Crippen LogP contribution in [-0.4, -0.2) is 29.7 Å². The van der Waals surface area contributed by atoms with Crippen LogP contribution in [-0.2, 0) is 4.79 Å². The predicted molar refractivity (Wildman–Crippen MR) is 69.6 cm³/mol. The molecule has 0 saturated carbocycles. The number of hydrazone groups is 1. The summed E-state index contributed by atoms with van der Waals surface area (Å²) in [4.78, 5) is 10.6. The van der Waals surface area contributed by atoms with Crippen molar-refractivity contribution < 1.29 is 9.53 Å². The number of carbonyl (C=O) groups excluding carboxylic acids is 1. The molecule has 0 atom stereocenters. The minimum Gasteiger partial charge on any atom is -0.489 e. The summed E-state index contributed by atoms with van der Waals surface area (Å²) in [5.74, 6) is 2.85. The average molecular weight is 250 g/mol. The number of nitrogens with one attached hydrogen (secondary N) is 1. The van der Waals surface area contributed by atoms with E-state index in [1.165, 1.54) is 6.92 Å². The Bertz CT molecular complexity index is 413. The molecular weight excluding hydrogens is 236 g/mol. The highest BCUT2D eigenvalue weighted by Gasteiger charge is 2.19. The van der Waals surface area contributed by atoms with Gasteiger partial charge < -0.3 is 4.74 Å². The molecule has 1 fully saturated rings. The predicted octanol–water partition coefficient (Wildman–Crippen LogP) is 1.65. The highest BCUT2D eigenvalue weighted by Crippen LogP contribution is 2.23. The number of nitrogens with zero attached hydrogens (tertiary/aromatic N) is 1. The van der Waals surface area contributed by atoms with Crippen molar-refractivity contribution in [2.75, 3.05) is 11.5 Å². The molecule has 17 heavy (non-hydrogen) atoms. The van der Waals surface area contributed by atoms with Crippen LogP contribution in [0.2, 0.25) is 0 Å². The van der Waals surface area contributed by atoms with E-state index in [-0.39, 0.29) is 5.91 Å². The number of amides is 1. The number of hydrogen-bond acceptors (Lipinski definition) is 4. The van der Waals surface area contributed by atoms with E-state index >= 15 is 0 Å². The number of ether oxygens (including phenoxy) is 1. The quantitative estimate of drug-likeness (QED) is 0.653. The molecule has 1 aliphatic heterocycles. The zero-order valence-corrected chi connectivity index (χ0v) is 10.4. The van der Waals surface area contributed by atoms with Gasteiger partial charge in [-0.05, 0) is 29.8 Å². The van der Waals surface area contributed by atoms with Crippen molar-refractivity contribution in [2.45, 2.75) is 13.0 Å². The molecule has 1 aliphatic rings. The molecule has 90 valence electrons. The van der Waals surface area contributed by atoms with Gasteiger partial charge in [-0.3, -0.25) is 4.79 Å². The van der Waals surface area contributed by atoms with Crippen LogP contribution in [0, 0.1) is 0 Å². The van der Waals surface area contributed by atoms with Gasteiger partial charge in [0.1, 0.15) is 11.9 Å². The van der Waals surface area contributed by atoms with E-state index in [4.69, 9.17) is 4.74 Å². The molecule has 5 heteroatoms. The smallest absolute Gasteiger partial charge is 0.236 e. The monoisotopic (exact) mass is 250 g/mol. The van der Waals surface area contributed by atoms with E-state index in [0.717, 1.165) is 22.8 Å². The summed E-state index contributed by atoms with van der Waals surface area (Å²) in [6, 6.07) is 7.65. The Kier molecular flexibility index (Phi) is 4.03. The first-order valence-corrected chi connectivity index (χ1v) is 6.53. The van der Waals surface area contributed by atoms with Gasteiger partial charge in [0.2, 0.25) is 5.91 Å². The van der Waals surface area contributed by atoms with E-state index < -0.39 is 0 Å². The molecule has 1 aromatic rings. The standard InChI is InChI=1S/C12H14N2O2S/c1-9(15)14-13-6-10-2-4-11(5-3-10)16-12-7-17-8-12/h2-6,12H,7-8H2,1H3,(H,14,15)/b13-6-. The van der Waals surface area contributed by atoms with E-state index in [9.17, 15) is 4.79 Å². The summed E-state index contributed by atoms with van der Waals surface area (Å²) in [5.41, 5.74) is 3.28. The molecule has 1 heterocycles. The summed E-state index contributed by atoms with van der Waals surface area (Å²) in [6.45, 7) is 1.42. The molecule has 0 unspecified atom stereocenters. The summed E-state index contributed by atoms with van der Waals surface area (Å²) in [6.07, 6.45) is 1.96. The Hall–Kier alpha value is -1.49. The zero-order chi connectivity index (χ0) is 12.1. The van der Waals surface area contributed by atoms with Gasteiger partial charge in [-0.15, -0.1) is 0 Å². The normalized spacial score (nSPS) is 15.6. The van der Waals surface area contributed by atoms with Gasteiger partial charge in [0.05, 0.1) is 6.21 Å². The van der Waals surface area contributed by atoms with E-state index in [1.54, 1.807) is 6.21 Å². The van der Waals surface area contributed by atoms with Gasteiger partial charge >= 0.3 is 0 Å². The SMILES string of the molecule is CC(=O)N/N=C\c1ccc(OC2CSC2)cc1. The van der Waals surface area contributed by atoms with Crippen LogP contribution in [0.4, 0.5) is 0 Å². The van der Waals surface area contributed by atoms with Crippen LogP contribution in [0.3, 0.4) is 0 Å². The fourth-order valence-electron chi connectivity index (χ4n) is 1.30. The molecule has 0 radical (unpaired) electrons. The van der Waals surface area contributed by atoms with Crippen molar-refractivity contribution in [1.82, 2.24) is 5.43 Å². The zero-order valence-electron chi connectivity index (χ0n) is 9.55. The Morgan fingerprint density at radius 1 is 1.47 bits per heavy atom. The lowest BCUT2D eigenvalue weighted by Crippen LogP contribution is -2.30. The lowest BCUT2D eigenvalue weighted by Gasteiger charge is -2.25. The van der Waals surface area contributed by atoms with Crippen LogP contribution >= 0.6 is 11.8 Å². The van der Waals surface area contributed by atoms with Crippen molar-refractivity contribution in [2.24, 2.45) is 5.10 Å². The number of benzene rings is 1. The van der Waals surface area contributed by atoms with Crippen molar-refractivity contribution in [1.29, 1.82) is 0 Å². The Morgan fingerprint density at radius 3 is 2.71 bits per heavy atom.